The molecule has 1 aliphatic rings. The van der Waals surface area contributed by atoms with Crippen molar-refractivity contribution in [3.63, 3.8) is 0 Å². The third-order valence-electron chi connectivity index (χ3n) is 4.43. The highest BCUT2D eigenvalue weighted by atomic mass is 16.7. The number of carbonyl (C=O) groups excluding carboxylic acids is 2. The van der Waals surface area contributed by atoms with Crippen LogP contribution in [0, 0.1) is 0 Å². The largest absolute Gasteiger partial charge is 0.454 e. The van der Waals surface area contributed by atoms with Crippen LogP contribution in [0.4, 0.5) is 5.69 Å². The molecule has 0 unspecified atom stereocenters. The van der Waals surface area contributed by atoms with Gasteiger partial charge in [0.25, 0.3) is 5.91 Å². The molecule has 0 aliphatic carbocycles. The third kappa shape index (κ3) is 3.93. The molecule has 29 heavy (non-hydrogen) atoms. The molecule has 0 spiro atoms. The number of nitrogens with one attached hydrogen (secondary N) is 1. The van der Waals surface area contributed by atoms with Crippen molar-refractivity contribution in [2.75, 3.05) is 12.1 Å². The van der Waals surface area contributed by atoms with E-state index < -0.39 is 23.7 Å². The number of amides is 1. The molecule has 1 atom stereocenters. The second-order valence-corrected chi connectivity index (χ2v) is 6.43. The monoisotopic (exact) mass is 398 g/mol. The molecule has 1 aromatic heterocycles. The van der Waals surface area contributed by atoms with E-state index in [0.717, 1.165) is 0 Å². The summed E-state index contributed by atoms with van der Waals surface area (Å²) in [6.07, 6.45) is -1.09. The van der Waals surface area contributed by atoms with Gasteiger partial charge in [-0.2, -0.15) is 0 Å². The average Bonchev–Trinajstić information content (AvgIpc) is 3.29. The lowest BCUT2D eigenvalue weighted by Crippen LogP contribution is -2.30. The number of ether oxygens (including phenoxy) is 3. The summed E-state index contributed by atoms with van der Waals surface area (Å²) in [5.41, 5.74) is 1.54. The van der Waals surface area contributed by atoms with Crippen LogP contribution < -0.4 is 20.5 Å². The predicted octanol–water partition coefficient (Wildman–Crippen LogP) is 2.28. The summed E-state index contributed by atoms with van der Waals surface area (Å²) in [7, 11) is 0. The minimum atomic E-state index is -1.01. The number of esters is 1. The first kappa shape index (κ1) is 18.6. The van der Waals surface area contributed by atoms with E-state index in [1.54, 1.807) is 42.5 Å². The maximum Gasteiger partial charge on any atom is 0.419 e. The van der Waals surface area contributed by atoms with E-state index in [-0.39, 0.29) is 19.8 Å². The molecule has 2 aromatic carbocycles. The maximum atomic E-state index is 12.3. The van der Waals surface area contributed by atoms with Gasteiger partial charge in [0.15, 0.2) is 23.2 Å². The molecule has 0 radical (unpaired) electrons. The number of oxazole rings is 1. The highest BCUT2D eigenvalue weighted by Crippen LogP contribution is 2.34. The molecule has 1 N–H and O–H groups in total. The van der Waals surface area contributed by atoms with Gasteiger partial charge in [0.2, 0.25) is 6.79 Å². The van der Waals surface area contributed by atoms with Crippen LogP contribution in [-0.4, -0.2) is 29.3 Å². The summed E-state index contributed by atoms with van der Waals surface area (Å²) in [5, 5.41) is 2.66. The molecule has 3 aromatic rings. The van der Waals surface area contributed by atoms with Gasteiger partial charge in [-0.15, -0.1) is 0 Å². The number of anilines is 1. The fourth-order valence-electron chi connectivity index (χ4n) is 2.96. The van der Waals surface area contributed by atoms with Gasteiger partial charge < -0.3 is 23.9 Å². The van der Waals surface area contributed by atoms with Gasteiger partial charge in [-0.3, -0.25) is 14.2 Å². The Labute approximate surface area is 164 Å². The Morgan fingerprint density at radius 1 is 1.17 bits per heavy atom. The molecule has 0 bridgehead atoms. The number of fused-ring (bicyclic) bond motifs is 2. The number of benzene rings is 2. The van der Waals surface area contributed by atoms with Crippen molar-refractivity contribution in [3.8, 4) is 11.5 Å². The van der Waals surface area contributed by atoms with Gasteiger partial charge in [0.05, 0.1) is 11.9 Å². The summed E-state index contributed by atoms with van der Waals surface area (Å²) in [6.45, 7) is 1.70. The second kappa shape index (κ2) is 7.70. The number of rotatable bonds is 6. The summed E-state index contributed by atoms with van der Waals surface area (Å²) in [5.74, 6) is -0.499. The van der Waals surface area contributed by atoms with E-state index in [4.69, 9.17) is 18.6 Å². The van der Waals surface area contributed by atoms with E-state index >= 15 is 0 Å². The number of hydrogen-bond donors (Lipinski definition) is 1. The smallest absolute Gasteiger partial charge is 0.419 e. The van der Waals surface area contributed by atoms with Crippen LogP contribution in [0.5, 0.6) is 11.5 Å². The molecular weight excluding hydrogens is 380 g/mol. The fourth-order valence-corrected chi connectivity index (χ4v) is 2.96. The van der Waals surface area contributed by atoms with E-state index in [2.05, 4.69) is 5.32 Å². The van der Waals surface area contributed by atoms with E-state index in [1.807, 2.05) is 0 Å². The minimum absolute atomic E-state index is 0.0783. The van der Waals surface area contributed by atoms with Gasteiger partial charge in [0.1, 0.15) is 0 Å². The molecule has 2 heterocycles. The van der Waals surface area contributed by atoms with Gasteiger partial charge >= 0.3 is 11.7 Å². The van der Waals surface area contributed by atoms with Crippen LogP contribution in [-0.2, 0) is 20.9 Å². The van der Waals surface area contributed by atoms with E-state index in [1.165, 1.54) is 11.5 Å². The first-order chi connectivity index (χ1) is 14.0. The Kier molecular flexibility index (Phi) is 4.94. The van der Waals surface area contributed by atoms with E-state index in [0.29, 0.717) is 28.3 Å². The number of aryl methyl sites for hydroxylation is 1. The Bertz CT molecular complexity index is 1130. The summed E-state index contributed by atoms with van der Waals surface area (Å²) in [6, 6.07) is 11.9. The zero-order valence-electron chi connectivity index (χ0n) is 15.5. The van der Waals surface area contributed by atoms with Gasteiger partial charge in [-0.05, 0) is 31.2 Å². The Hall–Kier alpha value is -3.75. The summed E-state index contributed by atoms with van der Waals surface area (Å²) in [4.78, 5) is 36.3. The van der Waals surface area contributed by atoms with Crippen molar-refractivity contribution >= 4 is 28.7 Å². The van der Waals surface area contributed by atoms with Crippen molar-refractivity contribution in [2.24, 2.45) is 0 Å². The maximum absolute atomic E-state index is 12.3. The van der Waals surface area contributed by atoms with Crippen molar-refractivity contribution in [3.05, 3.63) is 53.0 Å². The molecule has 0 saturated carbocycles. The first-order valence-electron chi connectivity index (χ1n) is 8.99. The lowest BCUT2D eigenvalue weighted by molar-refractivity contribution is -0.153. The molecule has 9 heteroatoms. The standard InChI is InChI=1S/C20H18N2O7/c1-12(19(24)21-13-6-7-16-17(10-13)27-11-26-16)28-18(23)8-9-22-14-4-2-3-5-15(14)29-20(22)25/h2-7,10,12H,8-9,11H2,1H3,(H,21,24)/t12-/m0/s1. The quantitative estimate of drug-likeness (QED) is 0.635. The molecule has 4 rings (SSSR count). The van der Waals surface area contributed by atoms with Gasteiger partial charge in [-0.1, -0.05) is 12.1 Å². The van der Waals surface area contributed by atoms with Crippen LogP contribution >= 0.6 is 0 Å². The lowest BCUT2D eigenvalue weighted by atomic mass is 10.2. The van der Waals surface area contributed by atoms with Crippen LogP contribution in [0.3, 0.4) is 0 Å². The Morgan fingerprint density at radius 3 is 2.83 bits per heavy atom. The van der Waals surface area contributed by atoms with Crippen molar-refractivity contribution in [1.82, 2.24) is 4.57 Å². The number of para-hydroxylation sites is 2. The Balaban J connectivity index is 1.32. The molecule has 1 amide bonds. The van der Waals surface area contributed by atoms with Crippen LogP contribution in [0.25, 0.3) is 11.1 Å². The molecule has 0 saturated heterocycles. The van der Waals surface area contributed by atoms with E-state index in [9.17, 15) is 14.4 Å². The number of aromatic nitrogens is 1. The predicted molar refractivity (Wildman–Crippen MR) is 102 cm³/mol. The summed E-state index contributed by atoms with van der Waals surface area (Å²) >= 11 is 0. The van der Waals surface area contributed by atoms with Gasteiger partial charge in [0, 0.05) is 18.3 Å². The molecule has 9 nitrogen and oxygen atoms in total. The molecule has 0 fully saturated rings. The average molecular weight is 398 g/mol. The van der Waals surface area contributed by atoms with Crippen LogP contribution in [0.2, 0.25) is 0 Å². The highest BCUT2D eigenvalue weighted by molar-refractivity contribution is 5.95. The number of carbonyl (C=O) groups is 2. The lowest BCUT2D eigenvalue weighted by Gasteiger charge is -2.14. The summed E-state index contributed by atoms with van der Waals surface area (Å²) < 4.78 is 22.1. The van der Waals surface area contributed by atoms with Gasteiger partial charge in [-0.25, -0.2) is 4.79 Å². The molecular formula is C20H18N2O7. The van der Waals surface area contributed by atoms with Crippen molar-refractivity contribution in [2.45, 2.75) is 26.0 Å². The molecule has 1 aliphatic heterocycles. The number of hydrogen-bond acceptors (Lipinski definition) is 7. The van der Waals surface area contributed by atoms with Crippen molar-refractivity contribution in [1.29, 1.82) is 0 Å². The van der Waals surface area contributed by atoms with Crippen molar-refractivity contribution < 1.29 is 28.2 Å². The second-order valence-electron chi connectivity index (χ2n) is 6.43. The zero-order chi connectivity index (χ0) is 20.4. The number of nitrogens with zero attached hydrogens (tertiary/aromatic N) is 1. The fraction of sp³-hybridized carbons (Fsp3) is 0.250. The zero-order valence-corrected chi connectivity index (χ0v) is 15.5. The highest BCUT2D eigenvalue weighted by Gasteiger charge is 2.20. The normalized spacial score (nSPS) is 13.3. The topological polar surface area (TPSA) is 109 Å². The first-order valence-corrected chi connectivity index (χ1v) is 8.99. The SMILES string of the molecule is C[C@H](OC(=O)CCn1c(=O)oc2ccccc21)C(=O)Nc1ccc2c(c1)OCO2. The Morgan fingerprint density at radius 2 is 1.97 bits per heavy atom. The minimum Gasteiger partial charge on any atom is -0.454 e. The molecule has 150 valence electrons. The third-order valence-corrected chi connectivity index (χ3v) is 4.43. The van der Waals surface area contributed by atoms with Crippen LogP contribution in [0.1, 0.15) is 13.3 Å². The van der Waals surface area contributed by atoms with Crippen LogP contribution in [0.15, 0.2) is 51.7 Å².